The number of rotatable bonds is 4. The molecule has 0 fully saturated rings. The molecule has 0 bridgehead atoms. The largest absolute Gasteiger partial charge is 0.508 e. The number of ether oxygens (including phenoxy) is 1. The first kappa shape index (κ1) is 20.8. The first-order chi connectivity index (χ1) is 15.7. The van der Waals surface area contributed by atoms with Crippen molar-refractivity contribution in [2.75, 3.05) is 0 Å². The summed E-state index contributed by atoms with van der Waals surface area (Å²) in [5.41, 5.74) is 1.81. The van der Waals surface area contributed by atoms with Crippen LogP contribution in [0.15, 0.2) is 48.5 Å². The summed E-state index contributed by atoms with van der Waals surface area (Å²) in [5.74, 6) is -2.84. The van der Waals surface area contributed by atoms with Crippen LogP contribution in [-0.2, 0) is 4.79 Å². The highest BCUT2D eigenvalue weighted by Crippen LogP contribution is 2.54. The van der Waals surface area contributed by atoms with Gasteiger partial charge in [0.05, 0.1) is 0 Å². The molecule has 2 N–H and O–H groups in total. The highest BCUT2D eigenvalue weighted by molar-refractivity contribution is 7.21. The van der Waals surface area contributed by atoms with E-state index < -0.39 is 23.4 Å². The van der Waals surface area contributed by atoms with Crippen molar-refractivity contribution in [2.45, 2.75) is 6.92 Å². The number of ketones is 1. The van der Waals surface area contributed by atoms with Crippen LogP contribution in [0.2, 0.25) is 0 Å². The zero-order valence-corrected chi connectivity index (χ0v) is 17.8. The minimum Gasteiger partial charge on any atom is -0.508 e. The van der Waals surface area contributed by atoms with Crippen LogP contribution in [0.4, 0.5) is 8.78 Å². The van der Waals surface area contributed by atoms with Crippen LogP contribution in [0.3, 0.4) is 0 Å². The maximum atomic E-state index is 15.0. The molecule has 0 unspecified atom stereocenters. The standard InChI is InChI=1S/C25H14F2O5S/c1-11-6-13(26)3-4-15(11)22(31)25-24-21-16(9-14(28)10-19(21)33-25)17-7-12(2-5-20(29)30)8-18(27)23(17)32-24/h2-10,28H,1H3,(H,29,30)/b5-2+. The Bertz CT molecular complexity index is 1530. The van der Waals surface area contributed by atoms with E-state index in [1.165, 1.54) is 36.4 Å². The van der Waals surface area contributed by atoms with Crippen molar-refractivity contribution in [1.29, 1.82) is 0 Å². The summed E-state index contributed by atoms with van der Waals surface area (Å²) < 4.78 is 35.0. The minimum absolute atomic E-state index is 0.0815. The van der Waals surface area contributed by atoms with Crippen molar-refractivity contribution in [2.24, 2.45) is 0 Å². The smallest absolute Gasteiger partial charge is 0.328 e. The molecule has 1 aromatic heterocycles. The van der Waals surface area contributed by atoms with Gasteiger partial charge < -0.3 is 14.9 Å². The molecule has 164 valence electrons. The summed E-state index contributed by atoms with van der Waals surface area (Å²) in [6, 6.07) is 9.45. The number of carbonyl (C=O) groups is 2. The lowest BCUT2D eigenvalue weighted by Crippen LogP contribution is -2.06. The Morgan fingerprint density at radius 2 is 1.82 bits per heavy atom. The molecule has 8 heteroatoms. The third-order valence-electron chi connectivity index (χ3n) is 5.35. The SMILES string of the molecule is Cc1cc(F)ccc1C(=O)c1sc2cc(O)cc3c2c1Oc1c(F)cc(/C=C/C(=O)O)cc1-3. The van der Waals surface area contributed by atoms with Crippen LogP contribution in [-0.4, -0.2) is 22.0 Å². The lowest BCUT2D eigenvalue weighted by Gasteiger charge is -2.20. The second-order valence-electron chi connectivity index (χ2n) is 7.57. The second-order valence-corrected chi connectivity index (χ2v) is 8.62. The van der Waals surface area contributed by atoms with Crippen molar-refractivity contribution in [3.8, 4) is 28.4 Å². The predicted octanol–water partition coefficient (Wildman–Crippen LogP) is 6.30. The van der Waals surface area contributed by atoms with Gasteiger partial charge in [-0.2, -0.15) is 0 Å². The fourth-order valence-electron chi connectivity index (χ4n) is 3.93. The van der Waals surface area contributed by atoms with Gasteiger partial charge in [0.15, 0.2) is 17.3 Å². The third-order valence-corrected chi connectivity index (χ3v) is 6.47. The zero-order valence-electron chi connectivity index (χ0n) is 17.0. The van der Waals surface area contributed by atoms with Gasteiger partial charge in [0.2, 0.25) is 5.78 Å². The molecular weight excluding hydrogens is 450 g/mol. The molecule has 3 aromatic carbocycles. The van der Waals surface area contributed by atoms with E-state index in [9.17, 15) is 19.1 Å². The average Bonchev–Trinajstić information content (AvgIpc) is 3.11. The van der Waals surface area contributed by atoms with Gasteiger partial charge in [0, 0.05) is 32.9 Å². The van der Waals surface area contributed by atoms with E-state index >= 15 is 4.39 Å². The van der Waals surface area contributed by atoms with E-state index in [-0.39, 0.29) is 27.7 Å². The summed E-state index contributed by atoms with van der Waals surface area (Å²) in [6.45, 7) is 1.62. The maximum absolute atomic E-state index is 15.0. The Morgan fingerprint density at radius 1 is 1.03 bits per heavy atom. The average molecular weight is 464 g/mol. The Labute approximate surface area is 189 Å². The van der Waals surface area contributed by atoms with Gasteiger partial charge in [0.25, 0.3) is 0 Å². The number of aliphatic carboxylic acids is 1. The molecule has 33 heavy (non-hydrogen) atoms. The first-order valence-electron chi connectivity index (χ1n) is 9.76. The molecule has 0 saturated heterocycles. The van der Waals surface area contributed by atoms with E-state index in [1.54, 1.807) is 13.0 Å². The van der Waals surface area contributed by atoms with Crippen molar-refractivity contribution < 1.29 is 33.3 Å². The molecule has 5 rings (SSSR count). The first-order valence-corrected chi connectivity index (χ1v) is 10.6. The van der Waals surface area contributed by atoms with Crippen LogP contribution in [0.1, 0.15) is 26.4 Å². The number of aryl methyl sites for hydroxylation is 1. The molecule has 0 atom stereocenters. The van der Waals surface area contributed by atoms with E-state index in [0.717, 1.165) is 23.5 Å². The van der Waals surface area contributed by atoms with E-state index in [0.29, 0.717) is 32.3 Å². The number of hydrogen-bond donors (Lipinski definition) is 2. The summed E-state index contributed by atoms with van der Waals surface area (Å²) in [5, 5.41) is 19.7. The molecule has 2 heterocycles. The number of fused-ring (bicyclic) bond motifs is 2. The Hall–Kier alpha value is -4.04. The lowest BCUT2D eigenvalue weighted by atomic mass is 9.94. The number of aromatic hydroxyl groups is 1. The number of hydrogen-bond acceptors (Lipinski definition) is 5. The Balaban J connectivity index is 1.74. The maximum Gasteiger partial charge on any atom is 0.328 e. The van der Waals surface area contributed by atoms with Gasteiger partial charge in [-0.3, -0.25) is 4.79 Å². The fourth-order valence-corrected chi connectivity index (χ4v) is 5.08. The number of benzene rings is 3. The molecule has 4 aromatic rings. The van der Waals surface area contributed by atoms with Crippen LogP contribution >= 0.6 is 11.3 Å². The number of thiophene rings is 1. The zero-order chi connectivity index (χ0) is 23.4. The highest BCUT2D eigenvalue weighted by Gasteiger charge is 2.31. The predicted molar refractivity (Wildman–Crippen MR) is 120 cm³/mol. The summed E-state index contributed by atoms with van der Waals surface area (Å²) in [6.07, 6.45) is 2.14. The fraction of sp³-hybridized carbons (Fsp3) is 0.0400. The normalized spacial score (nSPS) is 12.1. The van der Waals surface area contributed by atoms with E-state index in [4.69, 9.17) is 9.84 Å². The molecule has 0 saturated carbocycles. The quantitative estimate of drug-likeness (QED) is 0.241. The molecule has 0 aliphatic carbocycles. The van der Waals surface area contributed by atoms with E-state index in [1.807, 2.05) is 0 Å². The molecule has 0 radical (unpaired) electrons. The second kappa shape index (κ2) is 7.53. The highest BCUT2D eigenvalue weighted by atomic mass is 32.1. The summed E-state index contributed by atoms with van der Waals surface area (Å²) in [7, 11) is 0. The van der Waals surface area contributed by atoms with Crippen LogP contribution in [0.25, 0.3) is 27.3 Å². The Kier molecular flexibility index (Phi) is 4.75. The number of phenolic OH excluding ortho intramolecular Hbond substituents is 1. The minimum atomic E-state index is -1.18. The van der Waals surface area contributed by atoms with Gasteiger partial charge in [-0.1, -0.05) is 0 Å². The molecule has 0 spiro atoms. The molecule has 1 aliphatic rings. The Morgan fingerprint density at radius 3 is 2.55 bits per heavy atom. The van der Waals surface area contributed by atoms with Crippen LogP contribution < -0.4 is 4.74 Å². The van der Waals surface area contributed by atoms with E-state index in [2.05, 4.69) is 0 Å². The van der Waals surface area contributed by atoms with Crippen molar-refractivity contribution in [3.05, 3.63) is 81.7 Å². The lowest BCUT2D eigenvalue weighted by molar-refractivity contribution is -0.131. The van der Waals surface area contributed by atoms with Gasteiger partial charge in [-0.05, 0) is 66.6 Å². The van der Waals surface area contributed by atoms with Crippen molar-refractivity contribution >= 4 is 39.3 Å². The number of carboxylic acid groups (broad SMARTS) is 1. The van der Waals surface area contributed by atoms with Gasteiger partial charge in [-0.15, -0.1) is 11.3 Å². The number of carboxylic acids is 1. The van der Waals surface area contributed by atoms with Crippen molar-refractivity contribution in [3.63, 3.8) is 0 Å². The van der Waals surface area contributed by atoms with Gasteiger partial charge in [0.1, 0.15) is 16.4 Å². The van der Waals surface area contributed by atoms with Gasteiger partial charge >= 0.3 is 5.97 Å². The van der Waals surface area contributed by atoms with Gasteiger partial charge in [-0.25, -0.2) is 13.6 Å². The summed E-state index contributed by atoms with van der Waals surface area (Å²) >= 11 is 1.09. The number of halogens is 2. The third kappa shape index (κ3) is 3.44. The van der Waals surface area contributed by atoms with Crippen LogP contribution in [0, 0.1) is 18.6 Å². The van der Waals surface area contributed by atoms with Crippen LogP contribution in [0.5, 0.6) is 17.2 Å². The summed E-state index contributed by atoms with van der Waals surface area (Å²) in [4.78, 5) is 24.4. The number of phenols is 1. The molecule has 1 aliphatic heterocycles. The van der Waals surface area contributed by atoms with Crippen molar-refractivity contribution in [1.82, 2.24) is 0 Å². The monoisotopic (exact) mass is 464 g/mol. The number of carbonyl (C=O) groups excluding carboxylic acids is 1. The topological polar surface area (TPSA) is 83.8 Å². The molecule has 0 amide bonds. The molecule has 5 nitrogen and oxygen atoms in total. The molecular formula is C25H14F2O5S.